The molecule has 0 atom stereocenters. The van der Waals surface area contributed by atoms with Crippen LogP contribution in [0.5, 0.6) is 0 Å². The smallest absolute Gasteiger partial charge is 0.231 e. The highest BCUT2D eigenvalue weighted by Crippen LogP contribution is 2.25. The maximum atomic E-state index is 12.3. The van der Waals surface area contributed by atoms with Crippen molar-refractivity contribution in [1.29, 1.82) is 0 Å². The molecule has 4 rings (SSSR count). The number of hydrogen-bond acceptors (Lipinski definition) is 4. The van der Waals surface area contributed by atoms with Gasteiger partial charge in [-0.25, -0.2) is 9.97 Å². The van der Waals surface area contributed by atoms with Crippen LogP contribution >= 0.6 is 22.9 Å². The number of amides is 1. The van der Waals surface area contributed by atoms with E-state index >= 15 is 0 Å². The monoisotopic (exact) mass is 382 g/mol. The van der Waals surface area contributed by atoms with E-state index in [0.717, 1.165) is 27.5 Å². The Balaban J connectivity index is 1.55. The highest BCUT2D eigenvalue weighted by molar-refractivity contribution is 7.15. The van der Waals surface area contributed by atoms with Crippen LogP contribution in [0.25, 0.3) is 16.2 Å². The summed E-state index contributed by atoms with van der Waals surface area (Å²) in [7, 11) is 0. The second-order valence-corrected chi connectivity index (χ2v) is 7.23. The summed E-state index contributed by atoms with van der Waals surface area (Å²) in [6, 6.07) is 11.3. The number of hydrogen-bond donors (Lipinski definition) is 1. The van der Waals surface area contributed by atoms with Gasteiger partial charge in [0.2, 0.25) is 5.91 Å². The van der Waals surface area contributed by atoms with E-state index in [1.807, 2.05) is 53.2 Å². The number of thiazole rings is 1. The lowest BCUT2D eigenvalue weighted by Crippen LogP contribution is -2.16. The number of halogens is 1. The quantitative estimate of drug-likeness (QED) is 0.561. The van der Waals surface area contributed by atoms with Gasteiger partial charge >= 0.3 is 0 Å². The largest absolute Gasteiger partial charge is 0.310 e. The predicted molar refractivity (Wildman–Crippen MR) is 105 cm³/mol. The van der Waals surface area contributed by atoms with E-state index in [0.29, 0.717) is 10.8 Å². The molecule has 1 aromatic carbocycles. The first-order chi connectivity index (χ1) is 12.6. The van der Waals surface area contributed by atoms with Gasteiger partial charge in [0.25, 0.3) is 0 Å². The lowest BCUT2D eigenvalue weighted by atomic mass is 10.2. The number of rotatable bonds is 4. The van der Waals surface area contributed by atoms with Crippen molar-refractivity contribution in [2.75, 3.05) is 5.32 Å². The van der Waals surface area contributed by atoms with E-state index in [1.165, 1.54) is 11.3 Å². The highest BCUT2D eigenvalue weighted by atomic mass is 35.5. The van der Waals surface area contributed by atoms with Crippen molar-refractivity contribution in [2.45, 2.75) is 13.3 Å². The number of nitrogens with zero attached hydrogens (tertiary/aromatic N) is 3. The topological polar surface area (TPSA) is 59.3 Å². The fourth-order valence-corrected chi connectivity index (χ4v) is 3.70. The minimum atomic E-state index is -0.112. The number of carbonyl (C=O) groups excluding carboxylic acids is 1. The number of aromatic nitrogens is 3. The van der Waals surface area contributed by atoms with Crippen LogP contribution in [0.4, 0.5) is 5.82 Å². The molecule has 3 heterocycles. The third-order valence-corrected chi connectivity index (χ3v) is 5.05. The second-order valence-electron chi connectivity index (χ2n) is 5.96. The maximum absolute atomic E-state index is 12.3. The Kier molecular flexibility index (Phi) is 4.44. The number of carbonyl (C=O) groups is 1. The van der Waals surface area contributed by atoms with Gasteiger partial charge < -0.3 is 5.32 Å². The number of imidazole rings is 1. The number of anilines is 1. The number of nitrogens with one attached hydrogen (secondary N) is 1. The Morgan fingerprint density at radius 1 is 1.31 bits per heavy atom. The Hall–Kier alpha value is -2.70. The average Bonchev–Trinajstić information content (AvgIpc) is 3.19. The minimum absolute atomic E-state index is 0.112. The summed E-state index contributed by atoms with van der Waals surface area (Å²) < 4.78 is 1.95. The zero-order valence-corrected chi connectivity index (χ0v) is 15.5. The van der Waals surface area contributed by atoms with E-state index in [2.05, 4.69) is 15.3 Å². The first-order valence-corrected chi connectivity index (χ1v) is 9.28. The summed E-state index contributed by atoms with van der Waals surface area (Å²) >= 11 is 7.57. The number of benzene rings is 1. The molecule has 1 amide bonds. The molecule has 0 aliphatic carbocycles. The normalized spacial score (nSPS) is 11.0. The molecule has 4 aromatic rings. The summed E-state index contributed by atoms with van der Waals surface area (Å²) in [5.74, 6) is 0.441. The Bertz CT molecular complexity index is 1080. The molecular weight excluding hydrogens is 368 g/mol. The van der Waals surface area contributed by atoms with Gasteiger partial charge in [0, 0.05) is 34.1 Å². The molecule has 0 radical (unpaired) electrons. The lowest BCUT2D eigenvalue weighted by Gasteiger charge is -2.04. The predicted octanol–water partition coefficient (Wildman–Crippen LogP) is 4.60. The Labute approximate surface area is 159 Å². The Morgan fingerprint density at radius 3 is 2.96 bits per heavy atom. The summed E-state index contributed by atoms with van der Waals surface area (Å²) in [5.41, 5.74) is 3.72. The van der Waals surface area contributed by atoms with E-state index in [4.69, 9.17) is 11.6 Å². The second kappa shape index (κ2) is 6.90. The molecule has 130 valence electrons. The molecule has 0 fully saturated rings. The molecular formula is C19H15ClN4OS. The summed E-state index contributed by atoms with van der Waals surface area (Å²) in [6.45, 7) is 1.96. The molecule has 0 unspecified atom stereocenters. The zero-order chi connectivity index (χ0) is 18.1. The number of fused-ring (bicyclic) bond motifs is 1. The van der Waals surface area contributed by atoms with Gasteiger partial charge in [-0.2, -0.15) is 0 Å². The molecule has 0 aliphatic heterocycles. The van der Waals surface area contributed by atoms with Crippen molar-refractivity contribution in [2.24, 2.45) is 0 Å². The molecule has 0 saturated heterocycles. The van der Waals surface area contributed by atoms with Crippen molar-refractivity contribution >= 4 is 39.6 Å². The van der Waals surface area contributed by atoms with E-state index < -0.39 is 0 Å². The highest BCUT2D eigenvalue weighted by Gasteiger charge is 2.13. The van der Waals surface area contributed by atoms with Crippen molar-refractivity contribution in [3.05, 3.63) is 70.5 Å². The van der Waals surface area contributed by atoms with E-state index in [9.17, 15) is 4.79 Å². The van der Waals surface area contributed by atoms with Gasteiger partial charge in [-0.1, -0.05) is 29.8 Å². The molecule has 0 aliphatic rings. The summed E-state index contributed by atoms with van der Waals surface area (Å²) in [4.78, 5) is 22.0. The molecule has 0 saturated carbocycles. The van der Waals surface area contributed by atoms with Crippen molar-refractivity contribution in [1.82, 2.24) is 14.4 Å². The number of pyridine rings is 1. The average molecular weight is 383 g/mol. The van der Waals surface area contributed by atoms with Crippen molar-refractivity contribution in [3.63, 3.8) is 0 Å². The van der Waals surface area contributed by atoms with Crippen LogP contribution in [0.15, 0.2) is 54.2 Å². The third-order valence-electron chi connectivity index (χ3n) is 3.92. The standard InChI is InChI=1S/C19H15ClN4OS/c1-12-5-6-17(21-9-12)23-18(25)8-15-11-26-19-22-16(10-24(15)19)13-3-2-4-14(20)7-13/h2-7,9-11H,8H2,1H3,(H,21,23,25). The lowest BCUT2D eigenvalue weighted by molar-refractivity contribution is -0.115. The number of aryl methyl sites for hydroxylation is 1. The molecule has 0 bridgehead atoms. The van der Waals surface area contributed by atoms with Crippen LogP contribution in [0.1, 0.15) is 11.3 Å². The SMILES string of the molecule is Cc1ccc(NC(=O)Cc2csc3nc(-c4cccc(Cl)c4)cn23)nc1. The maximum Gasteiger partial charge on any atom is 0.231 e. The zero-order valence-electron chi connectivity index (χ0n) is 13.9. The summed E-state index contributed by atoms with van der Waals surface area (Å²) in [5, 5.41) is 5.44. The van der Waals surface area contributed by atoms with E-state index in [1.54, 1.807) is 12.3 Å². The fraction of sp³-hybridized carbons (Fsp3) is 0.105. The van der Waals surface area contributed by atoms with Crippen molar-refractivity contribution < 1.29 is 4.79 Å². The fourth-order valence-electron chi connectivity index (χ4n) is 2.64. The van der Waals surface area contributed by atoms with Gasteiger partial charge in [-0.05, 0) is 30.7 Å². The van der Waals surface area contributed by atoms with Gasteiger partial charge in [0.05, 0.1) is 12.1 Å². The molecule has 26 heavy (non-hydrogen) atoms. The molecule has 7 heteroatoms. The molecule has 1 N–H and O–H groups in total. The molecule has 3 aromatic heterocycles. The van der Waals surface area contributed by atoms with Crippen LogP contribution in [-0.4, -0.2) is 20.3 Å². The van der Waals surface area contributed by atoms with E-state index in [-0.39, 0.29) is 12.3 Å². The summed E-state index contributed by atoms with van der Waals surface area (Å²) in [6.07, 6.45) is 3.91. The van der Waals surface area contributed by atoms with Gasteiger partial charge in [0.1, 0.15) is 5.82 Å². The van der Waals surface area contributed by atoms with Gasteiger partial charge in [-0.15, -0.1) is 11.3 Å². The molecule has 0 spiro atoms. The van der Waals surface area contributed by atoms with Crippen LogP contribution in [0.2, 0.25) is 5.02 Å². The molecule has 5 nitrogen and oxygen atoms in total. The minimum Gasteiger partial charge on any atom is -0.310 e. The van der Waals surface area contributed by atoms with Crippen LogP contribution < -0.4 is 5.32 Å². The van der Waals surface area contributed by atoms with Gasteiger partial charge in [0.15, 0.2) is 4.96 Å². The van der Waals surface area contributed by atoms with Crippen molar-refractivity contribution in [3.8, 4) is 11.3 Å². The van der Waals surface area contributed by atoms with Crippen LogP contribution in [-0.2, 0) is 11.2 Å². The third kappa shape index (κ3) is 3.47. The first kappa shape index (κ1) is 16.8. The van der Waals surface area contributed by atoms with Crippen LogP contribution in [0, 0.1) is 6.92 Å². The van der Waals surface area contributed by atoms with Gasteiger partial charge in [-0.3, -0.25) is 9.20 Å². The van der Waals surface area contributed by atoms with Crippen LogP contribution in [0.3, 0.4) is 0 Å². The Morgan fingerprint density at radius 2 is 2.19 bits per heavy atom. The first-order valence-electron chi connectivity index (χ1n) is 8.02.